The Morgan fingerprint density at radius 2 is 2.36 bits per heavy atom. The first-order chi connectivity index (χ1) is 5.33. The lowest BCUT2D eigenvalue weighted by molar-refractivity contribution is 0.200. The van der Waals surface area contributed by atoms with E-state index in [0.29, 0.717) is 18.9 Å². The first-order valence-corrected chi connectivity index (χ1v) is 3.25. The van der Waals surface area contributed by atoms with Crippen molar-refractivity contribution in [3.63, 3.8) is 0 Å². The molecule has 1 aromatic heterocycles. The van der Waals surface area contributed by atoms with E-state index in [0.717, 1.165) is 0 Å². The largest absolute Gasteiger partial charge is 0.384 e. The molecule has 0 saturated carbocycles. The minimum Gasteiger partial charge on any atom is -0.384 e. The van der Waals surface area contributed by atoms with Crippen molar-refractivity contribution in [2.75, 3.05) is 19.5 Å². The summed E-state index contributed by atoms with van der Waals surface area (Å²) >= 11 is 0. The van der Waals surface area contributed by atoms with Gasteiger partial charge in [0, 0.05) is 13.5 Å². The Bertz CT molecular complexity index is 228. The summed E-state index contributed by atoms with van der Waals surface area (Å²) in [6.07, 6.45) is 2.07. The maximum Gasteiger partial charge on any atom is 0.223 e. The third-order valence-corrected chi connectivity index (χ3v) is 1.17. The standard InChI is InChI=1S/C6H10N4O/c1-11-3-2-5-8-4-9-6(7)10-5/h4H,2-3H2,1H3,(H2,7,8,9,10). The summed E-state index contributed by atoms with van der Waals surface area (Å²) in [5, 5.41) is 0. The minimum atomic E-state index is 0.256. The van der Waals surface area contributed by atoms with Crippen molar-refractivity contribution >= 4 is 5.95 Å². The molecule has 0 amide bonds. The van der Waals surface area contributed by atoms with Gasteiger partial charge in [0.15, 0.2) is 0 Å². The van der Waals surface area contributed by atoms with E-state index in [2.05, 4.69) is 15.0 Å². The van der Waals surface area contributed by atoms with Crippen LogP contribution in [-0.2, 0) is 11.2 Å². The second-order valence-corrected chi connectivity index (χ2v) is 2.00. The molecule has 11 heavy (non-hydrogen) atoms. The second-order valence-electron chi connectivity index (χ2n) is 2.00. The van der Waals surface area contributed by atoms with Crippen LogP contribution in [0.25, 0.3) is 0 Å². The van der Waals surface area contributed by atoms with E-state index in [9.17, 15) is 0 Å². The van der Waals surface area contributed by atoms with Crippen molar-refractivity contribution < 1.29 is 4.74 Å². The Morgan fingerprint density at radius 1 is 1.55 bits per heavy atom. The van der Waals surface area contributed by atoms with Gasteiger partial charge in [0.25, 0.3) is 0 Å². The van der Waals surface area contributed by atoms with Crippen molar-refractivity contribution in [1.29, 1.82) is 0 Å². The lowest BCUT2D eigenvalue weighted by atomic mass is 10.4. The van der Waals surface area contributed by atoms with Gasteiger partial charge in [-0.2, -0.15) is 4.98 Å². The highest BCUT2D eigenvalue weighted by Crippen LogP contribution is 1.92. The molecular formula is C6H10N4O. The molecule has 0 fully saturated rings. The lowest BCUT2D eigenvalue weighted by Crippen LogP contribution is -2.04. The monoisotopic (exact) mass is 154 g/mol. The van der Waals surface area contributed by atoms with Gasteiger partial charge in [0.1, 0.15) is 12.2 Å². The van der Waals surface area contributed by atoms with Crippen LogP contribution in [-0.4, -0.2) is 28.7 Å². The smallest absolute Gasteiger partial charge is 0.223 e. The van der Waals surface area contributed by atoms with Crippen molar-refractivity contribution in [3.05, 3.63) is 12.2 Å². The number of nitrogens with two attached hydrogens (primary N) is 1. The second kappa shape index (κ2) is 3.82. The molecule has 0 saturated heterocycles. The Labute approximate surface area is 64.6 Å². The van der Waals surface area contributed by atoms with Crippen molar-refractivity contribution in [3.8, 4) is 0 Å². The van der Waals surface area contributed by atoms with Gasteiger partial charge in [-0.15, -0.1) is 0 Å². The normalized spacial score (nSPS) is 9.91. The number of hydrogen-bond acceptors (Lipinski definition) is 5. The van der Waals surface area contributed by atoms with E-state index in [-0.39, 0.29) is 5.95 Å². The molecule has 0 atom stereocenters. The van der Waals surface area contributed by atoms with Gasteiger partial charge in [0.2, 0.25) is 5.95 Å². The topological polar surface area (TPSA) is 73.9 Å². The Balaban J connectivity index is 2.56. The summed E-state index contributed by atoms with van der Waals surface area (Å²) in [7, 11) is 1.63. The quantitative estimate of drug-likeness (QED) is 0.643. The van der Waals surface area contributed by atoms with Crippen LogP contribution in [0.5, 0.6) is 0 Å². The molecule has 1 heterocycles. The van der Waals surface area contributed by atoms with Gasteiger partial charge >= 0.3 is 0 Å². The molecule has 0 aromatic carbocycles. The van der Waals surface area contributed by atoms with E-state index < -0.39 is 0 Å². The summed E-state index contributed by atoms with van der Waals surface area (Å²) < 4.78 is 4.84. The number of anilines is 1. The predicted octanol–water partition coefficient (Wildman–Crippen LogP) is -0.357. The molecule has 5 heteroatoms. The molecule has 0 spiro atoms. The van der Waals surface area contributed by atoms with Crippen LogP contribution < -0.4 is 5.73 Å². The summed E-state index contributed by atoms with van der Waals surface area (Å²) in [5.74, 6) is 0.922. The van der Waals surface area contributed by atoms with Crippen LogP contribution in [0.4, 0.5) is 5.95 Å². The zero-order valence-corrected chi connectivity index (χ0v) is 6.32. The number of hydrogen-bond donors (Lipinski definition) is 1. The molecule has 0 unspecified atom stereocenters. The Hall–Kier alpha value is -1.23. The number of nitrogen functional groups attached to an aromatic ring is 1. The summed E-state index contributed by atoms with van der Waals surface area (Å²) in [5.41, 5.74) is 5.33. The number of methoxy groups -OCH3 is 1. The van der Waals surface area contributed by atoms with Gasteiger partial charge in [-0.3, -0.25) is 0 Å². The van der Waals surface area contributed by atoms with Crippen LogP contribution in [0.1, 0.15) is 5.82 Å². The lowest BCUT2D eigenvalue weighted by Gasteiger charge is -1.97. The summed E-state index contributed by atoms with van der Waals surface area (Å²) in [6.45, 7) is 0.601. The van der Waals surface area contributed by atoms with E-state index >= 15 is 0 Å². The van der Waals surface area contributed by atoms with Crippen molar-refractivity contribution in [1.82, 2.24) is 15.0 Å². The zero-order valence-electron chi connectivity index (χ0n) is 6.32. The minimum absolute atomic E-state index is 0.256. The highest BCUT2D eigenvalue weighted by Gasteiger charge is 1.95. The Morgan fingerprint density at radius 3 is 3.00 bits per heavy atom. The average Bonchev–Trinajstić information content (AvgIpc) is 2.01. The third kappa shape index (κ3) is 2.46. The summed E-state index contributed by atoms with van der Waals surface area (Å²) in [6, 6.07) is 0. The molecule has 1 aromatic rings. The molecule has 60 valence electrons. The number of rotatable bonds is 3. The molecule has 0 bridgehead atoms. The van der Waals surface area contributed by atoms with E-state index in [1.807, 2.05) is 0 Å². The van der Waals surface area contributed by atoms with Gasteiger partial charge in [-0.05, 0) is 0 Å². The third-order valence-electron chi connectivity index (χ3n) is 1.17. The maximum atomic E-state index is 5.33. The highest BCUT2D eigenvalue weighted by atomic mass is 16.5. The Kier molecular flexibility index (Phi) is 2.74. The van der Waals surface area contributed by atoms with E-state index in [4.69, 9.17) is 10.5 Å². The maximum absolute atomic E-state index is 5.33. The fraction of sp³-hybridized carbons (Fsp3) is 0.500. The average molecular weight is 154 g/mol. The predicted molar refractivity (Wildman–Crippen MR) is 39.8 cm³/mol. The van der Waals surface area contributed by atoms with Gasteiger partial charge < -0.3 is 10.5 Å². The number of ether oxygens (including phenoxy) is 1. The number of aromatic nitrogens is 3. The first kappa shape index (κ1) is 7.87. The van der Waals surface area contributed by atoms with E-state index in [1.165, 1.54) is 6.33 Å². The van der Waals surface area contributed by atoms with Crippen LogP contribution in [0.3, 0.4) is 0 Å². The molecule has 2 N–H and O–H groups in total. The highest BCUT2D eigenvalue weighted by molar-refractivity contribution is 5.12. The fourth-order valence-electron chi connectivity index (χ4n) is 0.658. The van der Waals surface area contributed by atoms with Crippen LogP contribution in [0, 0.1) is 0 Å². The van der Waals surface area contributed by atoms with Crippen LogP contribution in [0.15, 0.2) is 6.33 Å². The molecule has 5 nitrogen and oxygen atoms in total. The van der Waals surface area contributed by atoms with Crippen LogP contribution >= 0.6 is 0 Å². The molecule has 0 aliphatic heterocycles. The SMILES string of the molecule is COCCc1ncnc(N)n1. The fourth-order valence-corrected chi connectivity index (χ4v) is 0.658. The summed E-state index contributed by atoms with van der Waals surface area (Å²) in [4.78, 5) is 11.4. The van der Waals surface area contributed by atoms with Gasteiger partial charge in [-0.1, -0.05) is 0 Å². The zero-order chi connectivity index (χ0) is 8.10. The molecule has 0 aliphatic rings. The molecule has 1 rings (SSSR count). The van der Waals surface area contributed by atoms with Gasteiger partial charge in [0.05, 0.1) is 6.61 Å². The first-order valence-electron chi connectivity index (χ1n) is 3.25. The van der Waals surface area contributed by atoms with E-state index in [1.54, 1.807) is 7.11 Å². The van der Waals surface area contributed by atoms with Crippen molar-refractivity contribution in [2.45, 2.75) is 6.42 Å². The van der Waals surface area contributed by atoms with Crippen molar-refractivity contribution in [2.24, 2.45) is 0 Å². The molecule has 0 radical (unpaired) electrons. The molecular weight excluding hydrogens is 144 g/mol. The molecule has 0 aliphatic carbocycles. The number of nitrogens with zero attached hydrogens (tertiary/aromatic N) is 3. The van der Waals surface area contributed by atoms with Gasteiger partial charge in [-0.25, -0.2) is 9.97 Å². The van der Waals surface area contributed by atoms with Crippen LogP contribution in [0.2, 0.25) is 0 Å².